The Morgan fingerprint density at radius 1 is 1.17 bits per heavy atom. The standard InChI is InChI=1S/C17H25N3O2.2ClH/c1-18-14-5-4-8-20(13-14)17(21)15-6-2-3-7-16(15)19-9-11-22-12-10-19;;/h2-3,6-7,14,18H,4-5,8-13H2,1H3;2*1H. The molecule has 0 bridgehead atoms. The number of ether oxygens (including phenoxy) is 1. The predicted molar refractivity (Wildman–Crippen MR) is 102 cm³/mol. The lowest BCUT2D eigenvalue weighted by Gasteiger charge is -2.35. The molecule has 1 atom stereocenters. The molecule has 1 N–H and O–H groups in total. The van der Waals surface area contributed by atoms with Crippen LogP contribution < -0.4 is 10.2 Å². The quantitative estimate of drug-likeness (QED) is 0.879. The number of halogens is 2. The van der Waals surface area contributed by atoms with Gasteiger partial charge in [0.1, 0.15) is 0 Å². The molecule has 1 aromatic rings. The maximum Gasteiger partial charge on any atom is 0.256 e. The zero-order valence-electron chi connectivity index (χ0n) is 14.1. The van der Waals surface area contributed by atoms with Crippen molar-refractivity contribution in [2.45, 2.75) is 18.9 Å². The summed E-state index contributed by atoms with van der Waals surface area (Å²) in [7, 11) is 1.97. The van der Waals surface area contributed by atoms with Crippen LogP contribution in [0, 0.1) is 0 Å². The highest BCUT2D eigenvalue weighted by atomic mass is 35.5. The Balaban J connectivity index is 0.00000144. The minimum atomic E-state index is 0. The lowest BCUT2D eigenvalue weighted by atomic mass is 10.0. The maximum absolute atomic E-state index is 13.0. The number of anilines is 1. The average Bonchev–Trinajstić information content (AvgIpc) is 2.62. The molecule has 2 saturated heterocycles. The summed E-state index contributed by atoms with van der Waals surface area (Å²) in [6, 6.07) is 8.38. The van der Waals surface area contributed by atoms with Crippen LogP contribution in [0.15, 0.2) is 24.3 Å². The monoisotopic (exact) mass is 375 g/mol. The van der Waals surface area contributed by atoms with E-state index >= 15 is 0 Å². The number of likely N-dealkylation sites (N-methyl/N-ethyl adjacent to an activating group) is 1. The van der Waals surface area contributed by atoms with Gasteiger partial charge in [-0.15, -0.1) is 24.8 Å². The Hall–Kier alpha value is -1.01. The van der Waals surface area contributed by atoms with E-state index in [4.69, 9.17) is 4.74 Å². The van der Waals surface area contributed by atoms with Crippen LogP contribution in [0.5, 0.6) is 0 Å². The van der Waals surface area contributed by atoms with E-state index in [0.29, 0.717) is 6.04 Å². The smallest absolute Gasteiger partial charge is 0.256 e. The minimum Gasteiger partial charge on any atom is -0.378 e. The van der Waals surface area contributed by atoms with Gasteiger partial charge in [-0.25, -0.2) is 0 Å². The number of likely N-dealkylation sites (tertiary alicyclic amines) is 1. The summed E-state index contributed by atoms with van der Waals surface area (Å²) in [5.74, 6) is 0.155. The number of morpholine rings is 1. The van der Waals surface area contributed by atoms with Crippen molar-refractivity contribution in [1.82, 2.24) is 10.2 Å². The molecule has 0 spiro atoms. The van der Waals surface area contributed by atoms with Crippen LogP contribution >= 0.6 is 24.8 Å². The summed E-state index contributed by atoms with van der Waals surface area (Å²) in [4.78, 5) is 17.2. The molecule has 2 heterocycles. The SMILES string of the molecule is CNC1CCCN(C(=O)c2ccccc2N2CCOCC2)C1.Cl.Cl. The molecule has 7 heteroatoms. The van der Waals surface area contributed by atoms with E-state index in [1.807, 2.05) is 30.1 Å². The highest BCUT2D eigenvalue weighted by molar-refractivity contribution is 6.00. The molecule has 2 aliphatic heterocycles. The first-order valence-corrected chi connectivity index (χ1v) is 8.18. The third kappa shape index (κ3) is 4.76. The summed E-state index contributed by atoms with van der Waals surface area (Å²) in [6.07, 6.45) is 2.21. The number of nitrogens with one attached hydrogen (secondary N) is 1. The molecule has 1 amide bonds. The molecule has 3 rings (SSSR count). The van der Waals surface area contributed by atoms with Crippen LogP contribution in [0.2, 0.25) is 0 Å². The van der Waals surface area contributed by atoms with Crippen molar-refractivity contribution in [3.05, 3.63) is 29.8 Å². The van der Waals surface area contributed by atoms with Crippen LogP contribution in [-0.2, 0) is 4.74 Å². The van der Waals surface area contributed by atoms with Crippen LogP contribution in [0.3, 0.4) is 0 Å². The minimum absolute atomic E-state index is 0. The third-order valence-electron chi connectivity index (χ3n) is 4.60. The van der Waals surface area contributed by atoms with Crippen LogP contribution in [0.25, 0.3) is 0 Å². The second kappa shape index (κ2) is 10.1. The Morgan fingerprint density at radius 2 is 1.88 bits per heavy atom. The van der Waals surface area contributed by atoms with Crippen molar-refractivity contribution in [3.63, 3.8) is 0 Å². The zero-order chi connectivity index (χ0) is 15.4. The number of benzene rings is 1. The Kier molecular flexibility index (Phi) is 8.84. The Bertz CT molecular complexity index is 524. The van der Waals surface area contributed by atoms with Gasteiger partial charge in [0, 0.05) is 37.9 Å². The van der Waals surface area contributed by atoms with Gasteiger partial charge >= 0.3 is 0 Å². The van der Waals surface area contributed by atoms with Crippen molar-refractivity contribution in [2.24, 2.45) is 0 Å². The lowest BCUT2D eigenvalue weighted by Crippen LogP contribution is -2.47. The number of nitrogens with zero attached hydrogens (tertiary/aromatic N) is 2. The molecule has 5 nitrogen and oxygen atoms in total. The van der Waals surface area contributed by atoms with Gasteiger partial charge in [-0.1, -0.05) is 12.1 Å². The van der Waals surface area contributed by atoms with Crippen molar-refractivity contribution in [3.8, 4) is 0 Å². The molecular formula is C17H27Cl2N3O2. The van der Waals surface area contributed by atoms with E-state index in [1.165, 1.54) is 0 Å². The number of hydrogen-bond donors (Lipinski definition) is 1. The summed E-state index contributed by atoms with van der Waals surface area (Å²) in [5.41, 5.74) is 1.86. The van der Waals surface area contributed by atoms with E-state index in [1.54, 1.807) is 0 Å². The van der Waals surface area contributed by atoms with Gasteiger partial charge in [-0.3, -0.25) is 4.79 Å². The van der Waals surface area contributed by atoms with E-state index < -0.39 is 0 Å². The van der Waals surface area contributed by atoms with Crippen LogP contribution in [0.1, 0.15) is 23.2 Å². The van der Waals surface area contributed by atoms with Gasteiger partial charge in [0.2, 0.25) is 0 Å². The number of para-hydroxylation sites is 1. The number of carbonyl (C=O) groups excluding carboxylic acids is 1. The first kappa shape index (κ1) is 21.0. The molecule has 1 unspecified atom stereocenters. The summed E-state index contributed by atoms with van der Waals surface area (Å²) in [6.45, 7) is 4.82. The second-order valence-corrected chi connectivity index (χ2v) is 6.00. The van der Waals surface area contributed by atoms with Gasteiger partial charge in [-0.2, -0.15) is 0 Å². The number of carbonyl (C=O) groups is 1. The predicted octanol–water partition coefficient (Wildman–Crippen LogP) is 2.19. The van der Waals surface area contributed by atoms with E-state index in [2.05, 4.69) is 16.3 Å². The van der Waals surface area contributed by atoms with Crippen LogP contribution in [0.4, 0.5) is 5.69 Å². The first-order valence-electron chi connectivity index (χ1n) is 8.18. The molecule has 24 heavy (non-hydrogen) atoms. The van der Waals surface area contributed by atoms with Gasteiger partial charge < -0.3 is 19.9 Å². The molecule has 0 saturated carbocycles. The Morgan fingerprint density at radius 3 is 2.58 bits per heavy atom. The van der Waals surface area contributed by atoms with Crippen molar-refractivity contribution in [1.29, 1.82) is 0 Å². The van der Waals surface area contributed by atoms with Crippen LogP contribution in [-0.4, -0.2) is 63.3 Å². The molecule has 0 radical (unpaired) electrons. The molecule has 1 aromatic carbocycles. The van der Waals surface area contributed by atoms with Crippen molar-refractivity contribution in [2.75, 3.05) is 51.3 Å². The fourth-order valence-electron chi connectivity index (χ4n) is 3.30. The average molecular weight is 376 g/mol. The second-order valence-electron chi connectivity index (χ2n) is 6.00. The summed E-state index contributed by atoms with van der Waals surface area (Å²) >= 11 is 0. The molecule has 2 aliphatic rings. The number of amides is 1. The van der Waals surface area contributed by atoms with Gasteiger partial charge in [0.05, 0.1) is 18.8 Å². The largest absolute Gasteiger partial charge is 0.378 e. The molecule has 136 valence electrons. The number of hydrogen-bond acceptors (Lipinski definition) is 4. The fraction of sp³-hybridized carbons (Fsp3) is 0.588. The number of rotatable bonds is 3. The lowest BCUT2D eigenvalue weighted by molar-refractivity contribution is 0.0697. The molecular weight excluding hydrogens is 349 g/mol. The van der Waals surface area contributed by atoms with E-state index in [-0.39, 0.29) is 30.7 Å². The summed E-state index contributed by atoms with van der Waals surface area (Å²) < 4.78 is 5.42. The van der Waals surface area contributed by atoms with Crippen molar-refractivity contribution >= 4 is 36.4 Å². The molecule has 2 fully saturated rings. The normalized spacial score (nSPS) is 20.8. The first-order chi connectivity index (χ1) is 10.8. The highest BCUT2D eigenvalue weighted by Crippen LogP contribution is 2.24. The highest BCUT2D eigenvalue weighted by Gasteiger charge is 2.26. The van der Waals surface area contributed by atoms with Gasteiger partial charge in [0.15, 0.2) is 0 Å². The fourth-order valence-corrected chi connectivity index (χ4v) is 3.30. The van der Waals surface area contributed by atoms with Gasteiger partial charge in [0.25, 0.3) is 5.91 Å². The molecule has 0 aromatic heterocycles. The maximum atomic E-state index is 13.0. The van der Waals surface area contributed by atoms with E-state index in [9.17, 15) is 4.79 Å². The molecule has 0 aliphatic carbocycles. The van der Waals surface area contributed by atoms with Crippen molar-refractivity contribution < 1.29 is 9.53 Å². The van der Waals surface area contributed by atoms with Gasteiger partial charge in [-0.05, 0) is 32.0 Å². The Labute approximate surface area is 156 Å². The van der Waals surface area contributed by atoms with E-state index in [0.717, 1.165) is 63.5 Å². The number of piperidine rings is 1. The third-order valence-corrected chi connectivity index (χ3v) is 4.60. The summed E-state index contributed by atoms with van der Waals surface area (Å²) in [5, 5.41) is 3.30. The topological polar surface area (TPSA) is 44.8 Å². The zero-order valence-corrected chi connectivity index (χ0v) is 15.7.